The summed E-state index contributed by atoms with van der Waals surface area (Å²) < 4.78 is 50.0. The van der Waals surface area contributed by atoms with Crippen molar-refractivity contribution in [2.75, 3.05) is 0 Å². The van der Waals surface area contributed by atoms with Crippen molar-refractivity contribution in [3.05, 3.63) is 59.2 Å². The molecule has 3 rings (SSSR count). The SMILES string of the molecule is Cc1ccc(COc2cccc(O[C@@H]3CC3C(=O)O)c2)cc1C(F)(F)F. The summed E-state index contributed by atoms with van der Waals surface area (Å²) >= 11 is 0. The van der Waals surface area contributed by atoms with E-state index < -0.39 is 23.6 Å². The van der Waals surface area contributed by atoms with Crippen molar-refractivity contribution in [3.8, 4) is 11.5 Å². The maximum Gasteiger partial charge on any atom is 0.416 e. The molecule has 0 bridgehead atoms. The number of alkyl halides is 3. The number of hydrogen-bond donors (Lipinski definition) is 1. The summed E-state index contributed by atoms with van der Waals surface area (Å²) in [6.07, 6.45) is -4.29. The van der Waals surface area contributed by atoms with E-state index in [0.29, 0.717) is 23.5 Å². The van der Waals surface area contributed by atoms with Gasteiger partial charge in [-0.25, -0.2) is 0 Å². The van der Waals surface area contributed by atoms with Gasteiger partial charge in [-0.3, -0.25) is 4.79 Å². The molecule has 0 radical (unpaired) electrons. The minimum absolute atomic E-state index is 0.0198. The molecule has 26 heavy (non-hydrogen) atoms. The summed E-state index contributed by atoms with van der Waals surface area (Å²) in [6.45, 7) is 1.39. The summed E-state index contributed by atoms with van der Waals surface area (Å²) in [4.78, 5) is 10.8. The van der Waals surface area contributed by atoms with Gasteiger partial charge in [0.1, 0.15) is 24.2 Å². The lowest BCUT2D eigenvalue weighted by Gasteiger charge is -2.13. The molecule has 0 aliphatic heterocycles. The van der Waals surface area contributed by atoms with Crippen LogP contribution in [0.15, 0.2) is 42.5 Å². The van der Waals surface area contributed by atoms with Gasteiger partial charge in [-0.2, -0.15) is 13.2 Å². The fourth-order valence-corrected chi connectivity index (χ4v) is 2.60. The summed E-state index contributed by atoms with van der Waals surface area (Å²) in [5.41, 5.74) is -0.111. The Hall–Kier alpha value is -2.70. The summed E-state index contributed by atoms with van der Waals surface area (Å²) in [5, 5.41) is 8.88. The Labute approximate surface area is 148 Å². The molecule has 0 spiro atoms. The van der Waals surface area contributed by atoms with Crippen LogP contribution in [-0.2, 0) is 17.6 Å². The molecule has 0 saturated heterocycles. The third kappa shape index (κ3) is 4.28. The molecule has 2 aromatic rings. The van der Waals surface area contributed by atoms with Crippen LogP contribution in [-0.4, -0.2) is 17.2 Å². The van der Waals surface area contributed by atoms with Crippen LogP contribution < -0.4 is 9.47 Å². The number of carboxylic acids is 1. The van der Waals surface area contributed by atoms with E-state index in [1.54, 1.807) is 30.3 Å². The van der Waals surface area contributed by atoms with E-state index >= 15 is 0 Å². The molecular formula is C19H17F3O4. The fraction of sp³-hybridized carbons (Fsp3) is 0.316. The molecule has 1 N–H and O–H groups in total. The first-order valence-electron chi connectivity index (χ1n) is 8.03. The lowest BCUT2D eigenvalue weighted by atomic mass is 10.1. The number of halogens is 3. The first-order valence-corrected chi connectivity index (χ1v) is 8.03. The minimum Gasteiger partial charge on any atom is -0.489 e. The lowest BCUT2D eigenvalue weighted by Crippen LogP contribution is -2.09. The Morgan fingerprint density at radius 2 is 1.92 bits per heavy atom. The van der Waals surface area contributed by atoms with Gasteiger partial charge in [0.05, 0.1) is 11.5 Å². The molecule has 0 heterocycles. The summed E-state index contributed by atoms with van der Waals surface area (Å²) in [6, 6.07) is 10.7. The molecule has 1 fully saturated rings. The molecule has 0 amide bonds. The van der Waals surface area contributed by atoms with Gasteiger partial charge in [-0.05, 0) is 36.2 Å². The number of ether oxygens (including phenoxy) is 2. The zero-order valence-corrected chi connectivity index (χ0v) is 13.9. The van der Waals surface area contributed by atoms with Crippen LogP contribution in [0, 0.1) is 12.8 Å². The van der Waals surface area contributed by atoms with E-state index in [4.69, 9.17) is 14.6 Å². The maximum absolute atomic E-state index is 13.0. The van der Waals surface area contributed by atoms with Crippen molar-refractivity contribution in [3.63, 3.8) is 0 Å². The molecule has 1 saturated carbocycles. The Morgan fingerprint density at radius 3 is 2.58 bits per heavy atom. The molecule has 138 valence electrons. The summed E-state index contributed by atoms with van der Waals surface area (Å²) in [7, 11) is 0. The highest BCUT2D eigenvalue weighted by atomic mass is 19.4. The quantitative estimate of drug-likeness (QED) is 0.821. The Balaban J connectivity index is 1.63. The Morgan fingerprint density at radius 1 is 1.19 bits per heavy atom. The number of hydrogen-bond acceptors (Lipinski definition) is 3. The van der Waals surface area contributed by atoms with E-state index in [9.17, 15) is 18.0 Å². The van der Waals surface area contributed by atoms with E-state index in [-0.39, 0.29) is 18.3 Å². The Kier molecular flexibility index (Phi) is 4.80. The normalized spacial score (nSPS) is 19.1. The number of carbonyl (C=O) groups is 1. The van der Waals surface area contributed by atoms with Crippen LogP contribution >= 0.6 is 0 Å². The van der Waals surface area contributed by atoms with Crippen molar-refractivity contribution in [1.29, 1.82) is 0 Å². The number of aryl methyl sites for hydroxylation is 1. The largest absolute Gasteiger partial charge is 0.489 e. The van der Waals surface area contributed by atoms with Crippen LogP contribution in [0.4, 0.5) is 13.2 Å². The smallest absolute Gasteiger partial charge is 0.416 e. The predicted octanol–water partition coefficient (Wildman–Crippen LogP) is 4.44. The van der Waals surface area contributed by atoms with Gasteiger partial charge >= 0.3 is 12.1 Å². The van der Waals surface area contributed by atoms with Gasteiger partial charge < -0.3 is 14.6 Å². The van der Waals surface area contributed by atoms with Crippen molar-refractivity contribution < 1.29 is 32.5 Å². The third-order valence-electron chi connectivity index (χ3n) is 4.15. The molecule has 1 aliphatic rings. The third-order valence-corrected chi connectivity index (χ3v) is 4.15. The van der Waals surface area contributed by atoms with Gasteiger partial charge in [0.2, 0.25) is 0 Å². The van der Waals surface area contributed by atoms with Crippen molar-refractivity contribution in [1.82, 2.24) is 0 Å². The second kappa shape index (κ2) is 6.90. The van der Waals surface area contributed by atoms with Crippen LogP contribution in [0.3, 0.4) is 0 Å². The fourth-order valence-electron chi connectivity index (χ4n) is 2.60. The number of carboxylic acid groups (broad SMARTS) is 1. The van der Waals surface area contributed by atoms with E-state index in [0.717, 1.165) is 6.07 Å². The number of aliphatic carboxylic acids is 1. The van der Waals surface area contributed by atoms with E-state index in [2.05, 4.69) is 0 Å². The van der Waals surface area contributed by atoms with E-state index in [1.165, 1.54) is 13.0 Å². The minimum atomic E-state index is -4.40. The second-order valence-corrected chi connectivity index (χ2v) is 6.25. The lowest BCUT2D eigenvalue weighted by molar-refractivity contribution is -0.139. The van der Waals surface area contributed by atoms with Gasteiger partial charge in [-0.1, -0.05) is 18.2 Å². The van der Waals surface area contributed by atoms with Crippen LogP contribution in [0.25, 0.3) is 0 Å². The standard InChI is InChI=1S/C19H17F3O4/c1-11-5-6-12(7-16(11)19(20,21)22)10-25-13-3-2-4-14(8-13)26-17-9-15(17)18(23)24/h2-8,15,17H,9-10H2,1H3,(H,23,24)/t15?,17-/m1/s1. The topological polar surface area (TPSA) is 55.8 Å². The zero-order valence-electron chi connectivity index (χ0n) is 13.9. The molecule has 0 aromatic heterocycles. The number of benzene rings is 2. The van der Waals surface area contributed by atoms with Gasteiger partial charge in [0.15, 0.2) is 0 Å². The molecule has 1 aliphatic carbocycles. The van der Waals surface area contributed by atoms with Crippen LogP contribution in [0.1, 0.15) is 23.1 Å². The van der Waals surface area contributed by atoms with Gasteiger partial charge in [0.25, 0.3) is 0 Å². The maximum atomic E-state index is 13.0. The highest BCUT2D eigenvalue weighted by molar-refractivity contribution is 5.74. The average molecular weight is 366 g/mol. The van der Waals surface area contributed by atoms with Crippen molar-refractivity contribution in [2.45, 2.75) is 32.2 Å². The first-order chi connectivity index (χ1) is 12.2. The van der Waals surface area contributed by atoms with Crippen molar-refractivity contribution >= 4 is 5.97 Å². The summed E-state index contributed by atoms with van der Waals surface area (Å²) in [5.74, 6) is -0.476. The van der Waals surface area contributed by atoms with Gasteiger partial charge in [0, 0.05) is 12.5 Å². The molecule has 2 atom stereocenters. The predicted molar refractivity (Wildman–Crippen MR) is 87.1 cm³/mol. The molecule has 4 nitrogen and oxygen atoms in total. The molecule has 2 aromatic carbocycles. The highest BCUT2D eigenvalue weighted by Gasteiger charge is 2.45. The van der Waals surface area contributed by atoms with Gasteiger partial charge in [-0.15, -0.1) is 0 Å². The monoisotopic (exact) mass is 366 g/mol. The average Bonchev–Trinajstić information content (AvgIpc) is 3.33. The highest BCUT2D eigenvalue weighted by Crippen LogP contribution is 2.36. The zero-order chi connectivity index (χ0) is 18.9. The second-order valence-electron chi connectivity index (χ2n) is 6.25. The number of rotatable bonds is 6. The van der Waals surface area contributed by atoms with Crippen LogP contribution in [0.2, 0.25) is 0 Å². The first kappa shape index (κ1) is 18.1. The molecule has 7 heteroatoms. The van der Waals surface area contributed by atoms with E-state index in [1.807, 2.05) is 0 Å². The van der Waals surface area contributed by atoms with Crippen LogP contribution in [0.5, 0.6) is 11.5 Å². The molecular weight excluding hydrogens is 349 g/mol. The van der Waals surface area contributed by atoms with Crippen molar-refractivity contribution in [2.24, 2.45) is 5.92 Å². The Bertz CT molecular complexity index is 817. The molecule has 1 unspecified atom stereocenters.